The number of nitrogens with zero attached hydrogens (tertiary/aromatic N) is 1. The van der Waals surface area contributed by atoms with Crippen molar-refractivity contribution in [1.82, 2.24) is 10.5 Å². The van der Waals surface area contributed by atoms with E-state index >= 15 is 0 Å². The van der Waals surface area contributed by atoms with Gasteiger partial charge in [0.25, 0.3) is 0 Å². The molecule has 1 aromatic carbocycles. The van der Waals surface area contributed by atoms with Gasteiger partial charge >= 0.3 is 0 Å². The Bertz CT molecular complexity index is 766. The maximum atomic E-state index is 9.91. The van der Waals surface area contributed by atoms with Gasteiger partial charge in [0.05, 0.1) is 0 Å². The Balaban J connectivity index is 1.67. The molecule has 6 heteroatoms. The normalized spacial score (nSPS) is 12.9. The van der Waals surface area contributed by atoms with Crippen molar-refractivity contribution in [1.29, 1.82) is 0 Å². The molecule has 0 aliphatic rings. The number of aliphatic hydroxyl groups excluding tert-OH is 1. The van der Waals surface area contributed by atoms with Gasteiger partial charge in [0, 0.05) is 18.2 Å². The standard InChI is InChI=1S/C17H20N2O3S/c1-11(2)18-9-13(20)10-21-14-5-3-4-12(8-14)16-17-15(22-19-16)6-7-23-17/h3-8,11,13,18,20H,9-10H2,1-2H3. The summed E-state index contributed by atoms with van der Waals surface area (Å²) in [4.78, 5) is 0. The topological polar surface area (TPSA) is 67.5 Å². The van der Waals surface area contributed by atoms with Crippen LogP contribution in [0.1, 0.15) is 13.8 Å². The van der Waals surface area contributed by atoms with Gasteiger partial charge in [0.15, 0.2) is 5.58 Å². The van der Waals surface area contributed by atoms with Crippen LogP contribution in [0, 0.1) is 0 Å². The average Bonchev–Trinajstić information content (AvgIpc) is 3.14. The van der Waals surface area contributed by atoms with Crippen molar-refractivity contribution in [3.8, 4) is 17.0 Å². The van der Waals surface area contributed by atoms with E-state index in [2.05, 4.69) is 10.5 Å². The van der Waals surface area contributed by atoms with Gasteiger partial charge < -0.3 is 19.7 Å². The lowest BCUT2D eigenvalue weighted by Gasteiger charge is -2.15. The number of nitrogens with one attached hydrogen (secondary N) is 1. The summed E-state index contributed by atoms with van der Waals surface area (Å²) in [6, 6.07) is 9.93. The molecule has 0 aliphatic carbocycles. The van der Waals surface area contributed by atoms with Crippen molar-refractivity contribution < 1.29 is 14.4 Å². The third-order valence-corrected chi connectivity index (χ3v) is 4.29. The number of ether oxygens (including phenoxy) is 1. The molecule has 0 saturated carbocycles. The van der Waals surface area contributed by atoms with E-state index in [-0.39, 0.29) is 6.61 Å². The first-order chi connectivity index (χ1) is 11.1. The summed E-state index contributed by atoms with van der Waals surface area (Å²) in [6.45, 7) is 4.84. The van der Waals surface area contributed by atoms with Gasteiger partial charge in [0.2, 0.25) is 0 Å². The van der Waals surface area contributed by atoms with Crippen molar-refractivity contribution in [3.05, 3.63) is 35.7 Å². The lowest BCUT2D eigenvalue weighted by Crippen LogP contribution is -2.35. The highest BCUT2D eigenvalue weighted by Crippen LogP contribution is 2.33. The van der Waals surface area contributed by atoms with Gasteiger partial charge in [-0.05, 0) is 23.6 Å². The number of hydrogen-bond acceptors (Lipinski definition) is 6. The van der Waals surface area contributed by atoms with Gasteiger partial charge in [-0.15, -0.1) is 11.3 Å². The van der Waals surface area contributed by atoms with Crippen LogP contribution in [0.2, 0.25) is 0 Å². The van der Waals surface area contributed by atoms with E-state index in [0.29, 0.717) is 18.3 Å². The predicted octanol–water partition coefficient (Wildman–Crippen LogP) is 3.29. The van der Waals surface area contributed by atoms with Crippen LogP contribution in [0.5, 0.6) is 5.75 Å². The molecule has 0 bridgehead atoms. The van der Waals surface area contributed by atoms with Crippen LogP contribution in [-0.2, 0) is 0 Å². The van der Waals surface area contributed by atoms with E-state index in [1.165, 1.54) is 0 Å². The molecular weight excluding hydrogens is 312 g/mol. The highest BCUT2D eigenvalue weighted by atomic mass is 32.1. The van der Waals surface area contributed by atoms with E-state index < -0.39 is 6.10 Å². The molecule has 2 heterocycles. The van der Waals surface area contributed by atoms with Gasteiger partial charge in [-0.25, -0.2) is 0 Å². The van der Waals surface area contributed by atoms with E-state index in [1.54, 1.807) is 11.3 Å². The smallest absolute Gasteiger partial charge is 0.178 e. The van der Waals surface area contributed by atoms with Crippen molar-refractivity contribution in [2.75, 3.05) is 13.2 Å². The molecule has 23 heavy (non-hydrogen) atoms. The van der Waals surface area contributed by atoms with Gasteiger partial charge in [-0.3, -0.25) is 0 Å². The first kappa shape index (κ1) is 16.0. The van der Waals surface area contributed by atoms with Crippen LogP contribution in [0.4, 0.5) is 0 Å². The lowest BCUT2D eigenvalue weighted by molar-refractivity contribution is 0.104. The molecule has 0 saturated heterocycles. The number of benzene rings is 1. The number of hydrogen-bond donors (Lipinski definition) is 2. The second-order valence-electron chi connectivity index (χ2n) is 5.70. The predicted molar refractivity (Wildman–Crippen MR) is 92.0 cm³/mol. The van der Waals surface area contributed by atoms with Crippen LogP contribution in [0.15, 0.2) is 40.2 Å². The molecule has 2 N–H and O–H groups in total. The Labute approximate surface area is 138 Å². The Hall–Kier alpha value is -1.89. The maximum Gasteiger partial charge on any atom is 0.178 e. The zero-order chi connectivity index (χ0) is 16.2. The highest BCUT2D eigenvalue weighted by Gasteiger charge is 2.12. The monoisotopic (exact) mass is 332 g/mol. The number of aromatic nitrogens is 1. The molecule has 0 amide bonds. The largest absolute Gasteiger partial charge is 0.491 e. The van der Waals surface area contributed by atoms with Crippen molar-refractivity contribution in [2.24, 2.45) is 0 Å². The molecular formula is C17H20N2O3S. The van der Waals surface area contributed by atoms with Crippen LogP contribution in [-0.4, -0.2) is 35.6 Å². The molecule has 3 rings (SSSR count). The Morgan fingerprint density at radius 2 is 2.22 bits per heavy atom. The highest BCUT2D eigenvalue weighted by molar-refractivity contribution is 7.17. The Morgan fingerprint density at radius 1 is 1.35 bits per heavy atom. The first-order valence-electron chi connectivity index (χ1n) is 7.61. The summed E-state index contributed by atoms with van der Waals surface area (Å²) < 4.78 is 12.0. The third-order valence-electron chi connectivity index (χ3n) is 3.39. The fourth-order valence-corrected chi connectivity index (χ4v) is 3.03. The van der Waals surface area contributed by atoms with E-state index in [9.17, 15) is 5.11 Å². The molecule has 122 valence electrons. The molecule has 0 radical (unpaired) electrons. The molecule has 1 atom stereocenters. The summed E-state index contributed by atoms with van der Waals surface area (Å²) in [7, 11) is 0. The molecule has 0 fully saturated rings. The van der Waals surface area contributed by atoms with Crippen LogP contribution in [0.25, 0.3) is 21.5 Å². The zero-order valence-electron chi connectivity index (χ0n) is 13.2. The van der Waals surface area contributed by atoms with Crippen LogP contribution >= 0.6 is 11.3 Å². The van der Waals surface area contributed by atoms with E-state index in [0.717, 1.165) is 21.5 Å². The summed E-state index contributed by atoms with van der Waals surface area (Å²) in [5, 5.41) is 19.2. The minimum Gasteiger partial charge on any atom is -0.491 e. The number of fused-ring (bicyclic) bond motifs is 1. The summed E-state index contributed by atoms with van der Waals surface area (Å²) >= 11 is 1.60. The second-order valence-corrected chi connectivity index (χ2v) is 6.62. The fraction of sp³-hybridized carbons (Fsp3) is 0.353. The number of aliphatic hydroxyl groups is 1. The van der Waals surface area contributed by atoms with Gasteiger partial charge in [0.1, 0.15) is 28.9 Å². The maximum absolute atomic E-state index is 9.91. The quantitative estimate of drug-likeness (QED) is 0.695. The number of rotatable bonds is 7. The summed E-state index contributed by atoms with van der Waals surface area (Å²) in [5.74, 6) is 0.707. The first-order valence-corrected chi connectivity index (χ1v) is 8.49. The third kappa shape index (κ3) is 3.90. The summed E-state index contributed by atoms with van der Waals surface area (Å²) in [5.41, 5.74) is 2.56. The van der Waals surface area contributed by atoms with Crippen LogP contribution < -0.4 is 10.1 Å². The van der Waals surface area contributed by atoms with Crippen molar-refractivity contribution >= 4 is 21.6 Å². The summed E-state index contributed by atoms with van der Waals surface area (Å²) in [6.07, 6.45) is -0.544. The minimum atomic E-state index is -0.544. The number of thiophene rings is 1. The van der Waals surface area contributed by atoms with E-state index in [4.69, 9.17) is 9.26 Å². The lowest BCUT2D eigenvalue weighted by atomic mass is 10.1. The Kier molecular flexibility index (Phi) is 4.95. The van der Waals surface area contributed by atoms with Gasteiger partial charge in [-0.1, -0.05) is 31.1 Å². The molecule has 2 aromatic heterocycles. The van der Waals surface area contributed by atoms with Crippen LogP contribution in [0.3, 0.4) is 0 Å². The van der Waals surface area contributed by atoms with Gasteiger partial charge in [-0.2, -0.15) is 0 Å². The van der Waals surface area contributed by atoms with Crippen molar-refractivity contribution in [3.63, 3.8) is 0 Å². The van der Waals surface area contributed by atoms with E-state index in [1.807, 2.05) is 49.6 Å². The SMILES string of the molecule is CC(C)NCC(O)COc1cccc(-c2noc3ccsc23)c1. The average molecular weight is 332 g/mol. The fourth-order valence-electron chi connectivity index (χ4n) is 2.22. The molecule has 0 aliphatic heterocycles. The molecule has 1 unspecified atom stereocenters. The second kappa shape index (κ2) is 7.12. The molecule has 0 spiro atoms. The Morgan fingerprint density at radius 3 is 3.04 bits per heavy atom. The molecule has 5 nitrogen and oxygen atoms in total. The zero-order valence-corrected chi connectivity index (χ0v) is 14.0. The van der Waals surface area contributed by atoms with Crippen molar-refractivity contribution in [2.45, 2.75) is 26.0 Å². The molecule has 3 aromatic rings. The minimum absolute atomic E-state index is 0.246.